The van der Waals surface area contributed by atoms with Crippen molar-refractivity contribution < 1.29 is 9.90 Å². The summed E-state index contributed by atoms with van der Waals surface area (Å²) in [6, 6.07) is 8.95. The molecule has 6 nitrogen and oxygen atoms in total. The van der Waals surface area contributed by atoms with Crippen LogP contribution < -0.4 is 5.32 Å². The third-order valence-electron chi connectivity index (χ3n) is 2.99. The van der Waals surface area contributed by atoms with Crippen molar-refractivity contribution in [3.05, 3.63) is 54.1 Å². The van der Waals surface area contributed by atoms with Gasteiger partial charge in [-0.05, 0) is 31.2 Å². The molecule has 3 aromatic heterocycles. The van der Waals surface area contributed by atoms with Crippen molar-refractivity contribution in [3.8, 4) is 0 Å². The lowest BCUT2D eigenvalue weighted by molar-refractivity contribution is 0.0690. The van der Waals surface area contributed by atoms with E-state index < -0.39 is 5.97 Å². The number of pyridine rings is 2. The van der Waals surface area contributed by atoms with Gasteiger partial charge in [0, 0.05) is 12.4 Å². The molecule has 0 atom stereocenters. The number of nitrogens with one attached hydrogen (secondary N) is 1. The number of carboxylic acid groups (broad SMARTS) is 1. The van der Waals surface area contributed by atoms with Crippen LogP contribution in [-0.4, -0.2) is 25.4 Å². The zero-order valence-corrected chi connectivity index (χ0v) is 10.7. The molecular formula is C14H12N4O2. The maximum atomic E-state index is 11.5. The quantitative estimate of drug-likeness (QED) is 0.762. The van der Waals surface area contributed by atoms with E-state index in [-0.39, 0.29) is 5.69 Å². The lowest BCUT2D eigenvalue weighted by atomic mass is 10.3. The molecular weight excluding hydrogens is 256 g/mol. The van der Waals surface area contributed by atoms with Crippen LogP contribution in [-0.2, 0) is 0 Å². The van der Waals surface area contributed by atoms with Crippen LogP contribution in [0.1, 0.15) is 16.2 Å². The molecule has 0 saturated carbocycles. The third-order valence-corrected chi connectivity index (χ3v) is 2.99. The molecule has 0 aromatic carbocycles. The van der Waals surface area contributed by atoms with E-state index >= 15 is 0 Å². The first-order valence-electron chi connectivity index (χ1n) is 6.06. The second-order valence-electron chi connectivity index (χ2n) is 4.30. The van der Waals surface area contributed by atoms with E-state index in [1.165, 1.54) is 4.40 Å². The number of carbonyl (C=O) groups is 1. The Bertz CT molecular complexity index is 795. The van der Waals surface area contributed by atoms with Crippen molar-refractivity contribution in [2.24, 2.45) is 0 Å². The summed E-state index contributed by atoms with van der Waals surface area (Å²) in [6.45, 7) is 1.85. The van der Waals surface area contributed by atoms with Crippen molar-refractivity contribution in [1.29, 1.82) is 0 Å². The monoisotopic (exact) mass is 268 g/mol. The van der Waals surface area contributed by atoms with Gasteiger partial charge in [0.05, 0.1) is 11.4 Å². The van der Waals surface area contributed by atoms with E-state index in [9.17, 15) is 9.90 Å². The minimum Gasteiger partial charge on any atom is -0.476 e. The molecule has 0 aliphatic carbocycles. The number of imidazole rings is 1. The van der Waals surface area contributed by atoms with Crippen molar-refractivity contribution in [3.63, 3.8) is 0 Å². The molecule has 0 saturated heterocycles. The highest BCUT2D eigenvalue weighted by molar-refractivity contribution is 5.94. The van der Waals surface area contributed by atoms with E-state index in [0.29, 0.717) is 11.5 Å². The number of aromatic carboxylic acids is 1. The normalized spacial score (nSPS) is 10.7. The van der Waals surface area contributed by atoms with Crippen LogP contribution in [0.4, 0.5) is 11.5 Å². The Balaban J connectivity index is 2.14. The minimum absolute atomic E-state index is 0.101. The summed E-state index contributed by atoms with van der Waals surface area (Å²) in [4.78, 5) is 19.9. The molecule has 0 radical (unpaired) electrons. The maximum Gasteiger partial charge on any atom is 0.356 e. The van der Waals surface area contributed by atoms with Crippen LogP contribution in [0.2, 0.25) is 0 Å². The summed E-state index contributed by atoms with van der Waals surface area (Å²) in [5, 5.41) is 12.4. The predicted molar refractivity (Wildman–Crippen MR) is 74.4 cm³/mol. The SMILES string of the molecule is Cc1ncccc1Nc1nc2ccccn2c1C(=O)O. The van der Waals surface area contributed by atoms with Crippen LogP contribution in [0.25, 0.3) is 5.65 Å². The minimum atomic E-state index is -1.03. The molecule has 0 amide bonds. The van der Waals surface area contributed by atoms with E-state index in [1.807, 2.05) is 19.1 Å². The van der Waals surface area contributed by atoms with Crippen molar-refractivity contribution in [2.45, 2.75) is 6.92 Å². The fourth-order valence-corrected chi connectivity index (χ4v) is 2.03. The summed E-state index contributed by atoms with van der Waals surface area (Å²) >= 11 is 0. The van der Waals surface area contributed by atoms with Crippen LogP contribution >= 0.6 is 0 Å². The molecule has 0 aliphatic heterocycles. The first kappa shape index (κ1) is 12.2. The van der Waals surface area contributed by atoms with Gasteiger partial charge in [-0.2, -0.15) is 0 Å². The molecule has 0 unspecified atom stereocenters. The molecule has 0 fully saturated rings. The predicted octanol–water partition coefficient (Wildman–Crippen LogP) is 2.48. The summed E-state index contributed by atoms with van der Waals surface area (Å²) in [7, 11) is 0. The van der Waals surface area contributed by atoms with Gasteiger partial charge < -0.3 is 10.4 Å². The molecule has 20 heavy (non-hydrogen) atoms. The Morgan fingerprint density at radius 1 is 1.30 bits per heavy atom. The highest BCUT2D eigenvalue weighted by Gasteiger charge is 2.18. The molecule has 3 rings (SSSR count). The third kappa shape index (κ3) is 1.97. The average molecular weight is 268 g/mol. The summed E-state index contributed by atoms with van der Waals surface area (Å²) in [5.41, 5.74) is 2.19. The number of anilines is 2. The first-order chi connectivity index (χ1) is 9.66. The van der Waals surface area contributed by atoms with Crippen LogP contribution in [0.3, 0.4) is 0 Å². The smallest absolute Gasteiger partial charge is 0.356 e. The first-order valence-corrected chi connectivity index (χ1v) is 6.06. The Hall–Kier alpha value is -2.89. The summed E-state index contributed by atoms with van der Waals surface area (Å²) < 4.78 is 1.54. The van der Waals surface area contributed by atoms with E-state index in [2.05, 4.69) is 15.3 Å². The number of aryl methyl sites for hydroxylation is 1. The van der Waals surface area contributed by atoms with Gasteiger partial charge in [0.2, 0.25) is 0 Å². The van der Waals surface area contributed by atoms with Gasteiger partial charge in [-0.3, -0.25) is 9.38 Å². The molecule has 0 spiro atoms. The average Bonchev–Trinajstić information content (AvgIpc) is 2.79. The van der Waals surface area contributed by atoms with Gasteiger partial charge in [-0.15, -0.1) is 0 Å². The summed E-state index contributed by atoms with van der Waals surface area (Å²) in [5.74, 6) is -0.729. The molecule has 100 valence electrons. The van der Waals surface area contributed by atoms with Gasteiger partial charge in [0.15, 0.2) is 11.5 Å². The van der Waals surface area contributed by atoms with E-state index in [0.717, 1.165) is 11.4 Å². The van der Waals surface area contributed by atoms with Crippen LogP contribution in [0, 0.1) is 6.92 Å². The van der Waals surface area contributed by atoms with Gasteiger partial charge in [0.1, 0.15) is 5.65 Å². The standard InChI is InChI=1S/C14H12N4O2/c1-9-10(5-4-7-15-9)16-13-12(14(19)20)18-8-3-2-6-11(18)17-13/h2-8,16H,1H3,(H,19,20). The molecule has 6 heteroatoms. The lowest BCUT2D eigenvalue weighted by Crippen LogP contribution is -2.06. The molecule has 0 bridgehead atoms. The zero-order chi connectivity index (χ0) is 14.1. The van der Waals surface area contributed by atoms with Gasteiger partial charge in [-0.25, -0.2) is 9.78 Å². The Morgan fingerprint density at radius 2 is 2.15 bits per heavy atom. The number of nitrogens with zero attached hydrogens (tertiary/aromatic N) is 3. The highest BCUT2D eigenvalue weighted by Crippen LogP contribution is 2.23. The second-order valence-corrected chi connectivity index (χ2v) is 4.30. The molecule has 3 heterocycles. The van der Waals surface area contributed by atoms with Crippen LogP contribution in [0.5, 0.6) is 0 Å². The number of aromatic nitrogens is 3. The van der Waals surface area contributed by atoms with Crippen LogP contribution in [0.15, 0.2) is 42.7 Å². The van der Waals surface area contributed by atoms with Gasteiger partial charge in [-0.1, -0.05) is 6.07 Å². The topological polar surface area (TPSA) is 79.5 Å². The fourth-order valence-electron chi connectivity index (χ4n) is 2.03. The number of fused-ring (bicyclic) bond motifs is 1. The fraction of sp³-hybridized carbons (Fsp3) is 0.0714. The van der Waals surface area contributed by atoms with Crippen molar-refractivity contribution in [1.82, 2.24) is 14.4 Å². The maximum absolute atomic E-state index is 11.5. The Morgan fingerprint density at radius 3 is 2.90 bits per heavy atom. The molecule has 2 N–H and O–H groups in total. The van der Waals surface area contributed by atoms with Gasteiger partial charge >= 0.3 is 5.97 Å². The van der Waals surface area contributed by atoms with Crippen molar-refractivity contribution >= 4 is 23.1 Å². The van der Waals surface area contributed by atoms with E-state index in [4.69, 9.17) is 0 Å². The number of hydrogen-bond acceptors (Lipinski definition) is 4. The Labute approximate surface area is 114 Å². The van der Waals surface area contributed by atoms with Crippen molar-refractivity contribution in [2.75, 3.05) is 5.32 Å². The number of hydrogen-bond donors (Lipinski definition) is 2. The Kier molecular flexibility index (Phi) is 2.83. The lowest BCUT2D eigenvalue weighted by Gasteiger charge is -2.06. The van der Waals surface area contributed by atoms with E-state index in [1.54, 1.807) is 30.6 Å². The molecule has 0 aliphatic rings. The number of rotatable bonds is 3. The summed E-state index contributed by atoms with van der Waals surface area (Å²) in [6.07, 6.45) is 3.36. The second kappa shape index (κ2) is 4.65. The highest BCUT2D eigenvalue weighted by atomic mass is 16.4. The zero-order valence-electron chi connectivity index (χ0n) is 10.7. The molecule has 3 aromatic rings. The largest absolute Gasteiger partial charge is 0.476 e. The van der Waals surface area contributed by atoms with Gasteiger partial charge in [0.25, 0.3) is 0 Å². The number of carboxylic acids is 1.